The summed E-state index contributed by atoms with van der Waals surface area (Å²) < 4.78 is 4.88. The van der Waals surface area contributed by atoms with Gasteiger partial charge in [-0.1, -0.05) is 18.2 Å². The number of allylic oxidation sites excluding steroid dienone is 2. The van der Waals surface area contributed by atoms with Crippen molar-refractivity contribution >= 4 is 29.3 Å². The molecule has 0 radical (unpaired) electrons. The summed E-state index contributed by atoms with van der Waals surface area (Å²) >= 11 is 0. The summed E-state index contributed by atoms with van der Waals surface area (Å²) in [6.07, 6.45) is 4.10. The zero-order chi connectivity index (χ0) is 21.2. The van der Waals surface area contributed by atoms with Crippen molar-refractivity contribution in [1.29, 1.82) is 5.26 Å². The zero-order valence-electron chi connectivity index (χ0n) is 15.5. The Kier molecular flexibility index (Phi) is 7.39. The fourth-order valence-corrected chi connectivity index (χ4v) is 2.31. The lowest BCUT2D eigenvalue weighted by Gasteiger charge is -2.05. The van der Waals surface area contributed by atoms with Crippen LogP contribution in [-0.2, 0) is 9.53 Å². The van der Waals surface area contributed by atoms with E-state index in [9.17, 15) is 25.0 Å². The molecule has 0 saturated heterocycles. The number of nitro benzene ring substituents is 1. The molecule has 0 aliphatic carbocycles. The van der Waals surface area contributed by atoms with Crippen molar-refractivity contribution in [2.75, 3.05) is 11.9 Å². The van der Waals surface area contributed by atoms with E-state index in [2.05, 4.69) is 5.32 Å². The second kappa shape index (κ2) is 10.2. The number of hydrogen-bond acceptors (Lipinski definition) is 6. The van der Waals surface area contributed by atoms with Crippen molar-refractivity contribution in [2.24, 2.45) is 0 Å². The number of nitriles is 1. The minimum atomic E-state index is -0.649. The van der Waals surface area contributed by atoms with Gasteiger partial charge in [-0.05, 0) is 49.4 Å². The van der Waals surface area contributed by atoms with E-state index in [1.165, 1.54) is 48.6 Å². The number of nitrogens with one attached hydrogen (secondary N) is 1. The Labute approximate surface area is 166 Å². The van der Waals surface area contributed by atoms with Crippen LogP contribution in [0.4, 0.5) is 11.4 Å². The minimum Gasteiger partial charge on any atom is -0.462 e. The van der Waals surface area contributed by atoms with Crippen molar-refractivity contribution in [3.05, 3.63) is 87.5 Å². The number of hydrogen-bond donors (Lipinski definition) is 1. The van der Waals surface area contributed by atoms with Crippen molar-refractivity contribution in [1.82, 2.24) is 0 Å². The lowest BCUT2D eigenvalue weighted by atomic mass is 10.1. The van der Waals surface area contributed by atoms with Crippen LogP contribution < -0.4 is 5.32 Å². The predicted molar refractivity (Wildman–Crippen MR) is 107 cm³/mol. The Balaban J connectivity index is 2.10. The van der Waals surface area contributed by atoms with Crippen LogP contribution in [-0.4, -0.2) is 23.4 Å². The standard InChI is InChI=1S/C21H17N3O5/c1-2-29-21(26)16-10-12-18(13-11-16)23-20(25)17(14-22)8-5-7-15-6-3-4-9-19(15)24(27)28/h3-13H,2H2,1H3,(H,23,25)/b7-5+,17-8+. The second-order valence-electron chi connectivity index (χ2n) is 5.62. The molecule has 2 aromatic rings. The summed E-state index contributed by atoms with van der Waals surface area (Å²) in [6, 6.07) is 13.9. The fraction of sp³-hybridized carbons (Fsp3) is 0.0952. The van der Waals surface area contributed by atoms with E-state index in [4.69, 9.17) is 4.74 Å². The van der Waals surface area contributed by atoms with Gasteiger partial charge < -0.3 is 10.1 Å². The van der Waals surface area contributed by atoms with Gasteiger partial charge in [-0.25, -0.2) is 4.79 Å². The Morgan fingerprint density at radius 3 is 2.52 bits per heavy atom. The molecule has 0 spiro atoms. The molecule has 1 amide bonds. The van der Waals surface area contributed by atoms with E-state index in [1.807, 2.05) is 0 Å². The van der Waals surface area contributed by atoms with Crippen LogP contribution in [0.1, 0.15) is 22.8 Å². The highest BCUT2D eigenvalue weighted by molar-refractivity contribution is 6.07. The molecule has 0 atom stereocenters. The summed E-state index contributed by atoms with van der Waals surface area (Å²) in [5, 5.41) is 22.8. The van der Waals surface area contributed by atoms with Crippen LogP contribution in [0.2, 0.25) is 0 Å². The van der Waals surface area contributed by atoms with Gasteiger partial charge in [0.15, 0.2) is 0 Å². The highest BCUT2D eigenvalue weighted by Crippen LogP contribution is 2.19. The van der Waals surface area contributed by atoms with Crippen LogP contribution in [0, 0.1) is 21.4 Å². The number of anilines is 1. The smallest absolute Gasteiger partial charge is 0.338 e. The SMILES string of the molecule is CCOC(=O)c1ccc(NC(=O)/C(C#N)=C/C=C/c2ccccc2[N+](=O)[O-])cc1. The highest BCUT2D eigenvalue weighted by Gasteiger charge is 2.11. The first-order valence-corrected chi connectivity index (χ1v) is 8.56. The number of nitro groups is 1. The number of esters is 1. The Hall–Kier alpha value is -4.25. The molecule has 29 heavy (non-hydrogen) atoms. The number of amides is 1. The van der Waals surface area contributed by atoms with E-state index < -0.39 is 16.8 Å². The van der Waals surface area contributed by atoms with Crippen molar-refractivity contribution in [3.63, 3.8) is 0 Å². The maximum Gasteiger partial charge on any atom is 0.338 e. The first kappa shape index (κ1) is 21.1. The molecule has 146 valence electrons. The maximum atomic E-state index is 12.2. The summed E-state index contributed by atoms with van der Waals surface area (Å²) in [4.78, 5) is 34.4. The third-order valence-electron chi connectivity index (χ3n) is 3.69. The summed E-state index contributed by atoms with van der Waals surface area (Å²) in [5.74, 6) is -1.12. The minimum absolute atomic E-state index is 0.0817. The quantitative estimate of drug-likeness (QED) is 0.191. The molecule has 0 aromatic heterocycles. The molecule has 0 aliphatic heterocycles. The van der Waals surface area contributed by atoms with Crippen LogP contribution in [0.25, 0.3) is 6.08 Å². The maximum absolute atomic E-state index is 12.2. The number of nitrogens with zero attached hydrogens (tertiary/aromatic N) is 2. The Morgan fingerprint density at radius 2 is 1.90 bits per heavy atom. The lowest BCUT2D eigenvalue weighted by Crippen LogP contribution is -2.13. The van der Waals surface area contributed by atoms with Gasteiger partial charge >= 0.3 is 5.97 Å². The number of benzene rings is 2. The van der Waals surface area contributed by atoms with E-state index >= 15 is 0 Å². The van der Waals surface area contributed by atoms with E-state index in [0.29, 0.717) is 16.8 Å². The topological polar surface area (TPSA) is 122 Å². The van der Waals surface area contributed by atoms with Gasteiger partial charge in [-0.2, -0.15) is 5.26 Å². The third-order valence-corrected chi connectivity index (χ3v) is 3.69. The van der Waals surface area contributed by atoms with Gasteiger partial charge in [0.25, 0.3) is 11.6 Å². The summed E-state index contributed by atoms with van der Waals surface area (Å²) in [6.45, 7) is 1.96. The van der Waals surface area contributed by atoms with Crippen LogP contribution in [0.5, 0.6) is 0 Å². The molecule has 0 heterocycles. The summed E-state index contributed by atoms with van der Waals surface area (Å²) in [7, 11) is 0. The van der Waals surface area contributed by atoms with Gasteiger partial charge in [0.1, 0.15) is 11.6 Å². The van der Waals surface area contributed by atoms with Crippen molar-refractivity contribution in [2.45, 2.75) is 6.92 Å². The molecule has 1 N–H and O–H groups in total. The molecular formula is C21H17N3O5. The number of carbonyl (C=O) groups excluding carboxylic acids is 2. The molecule has 0 aliphatic rings. The zero-order valence-corrected chi connectivity index (χ0v) is 15.5. The van der Waals surface area contributed by atoms with Crippen molar-refractivity contribution < 1.29 is 19.2 Å². The summed E-state index contributed by atoms with van der Waals surface area (Å²) in [5.41, 5.74) is 0.817. The molecular weight excluding hydrogens is 374 g/mol. The van der Waals surface area contributed by atoms with E-state index in [0.717, 1.165) is 0 Å². The second-order valence-corrected chi connectivity index (χ2v) is 5.62. The molecule has 0 saturated carbocycles. The number of ether oxygens (including phenoxy) is 1. The van der Waals surface area contributed by atoms with Gasteiger partial charge in [0.2, 0.25) is 0 Å². The monoisotopic (exact) mass is 391 g/mol. The number of rotatable bonds is 7. The van der Waals surface area contributed by atoms with E-state index in [1.54, 1.807) is 31.2 Å². The van der Waals surface area contributed by atoms with Gasteiger partial charge in [0, 0.05) is 11.8 Å². The largest absolute Gasteiger partial charge is 0.462 e. The average Bonchev–Trinajstić information content (AvgIpc) is 2.72. The first-order valence-electron chi connectivity index (χ1n) is 8.56. The number of carbonyl (C=O) groups is 2. The van der Waals surface area contributed by atoms with Crippen molar-refractivity contribution in [3.8, 4) is 6.07 Å². The fourth-order valence-electron chi connectivity index (χ4n) is 2.31. The Morgan fingerprint density at radius 1 is 1.21 bits per heavy atom. The third kappa shape index (κ3) is 5.87. The molecule has 0 bridgehead atoms. The van der Waals surface area contributed by atoms with Gasteiger partial charge in [-0.15, -0.1) is 0 Å². The molecule has 0 unspecified atom stereocenters. The lowest BCUT2D eigenvalue weighted by molar-refractivity contribution is -0.385. The average molecular weight is 391 g/mol. The van der Waals surface area contributed by atoms with Crippen LogP contribution >= 0.6 is 0 Å². The molecule has 8 nitrogen and oxygen atoms in total. The van der Waals surface area contributed by atoms with Gasteiger partial charge in [-0.3, -0.25) is 14.9 Å². The normalized spacial score (nSPS) is 11.0. The molecule has 8 heteroatoms. The van der Waals surface area contributed by atoms with Crippen LogP contribution in [0.3, 0.4) is 0 Å². The molecule has 2 aromatic carbocycles. The van der Waals surface area contributed by atoms with Gasteiger partial charge in [0.05, 0.1) is 22.7 Å². The number of para-hydroxylation sites is 1. The van der Waals surface area contributed by atoms with Crippen LogP contribution in [0.15, 0.2) is 66.3 Å². The Bertz CT molecular complexity index is 1020. The van der Waals surface area contributed by atoms with E-state index in [-0.39, 0.29) is 17.9 Å². The predicted octanol–water partition coefficient (Wildman–Crippen LogP) is 3.87. The molecule has 2 rings (SSSR count). The first-order chi connectivity index (χ1) is 14.0. The molecule has 0 fully saturated rings. The highest BCUT2D eigenvalue weighted by atomic mass is 16.6.